The van der Waals surface area contributed by atoms with Gasteiger partial charge in [-0.2, -0.15) is 0 Å². The Bertz CT molecular complexity index is 1390. The van der Waals surface area contributed by atoms with Crippen LogP contribution in [0.25, 0.3) is 22.2 Å². The number of rotatable bonds is 6. The molecule has 0 spiro atoms. The van der Waals surface area contributed by atoms with Crippen molar-refractivity contribution >= 4 is 44.9 Å². The SMILES string of the molecule is O=C(Cc1ccc(NC(=O)c2cc3ccccc3o2)cc1)Nc1nc(-c2cccnc2)cs1. The number of amides is 2. The molecule has 33 heavy (non-hydrogen) atoms. The van der Waals surface area contributed by atoms with Gasteiger partial charge in [-0.05, 0) is 42.0 Å². The number of hydrogen-bond donors (Lipinski definition) is 2. The van der Waals surface area contributed by atoms with Gasteiger partial charge in [0.1, 0.15) is 5.58 Å². The normalized spacial score (nSPS) is 10.8. The summed E-state index contributed by atoms with van der Waals surface area (Å²) in [6.45, 7) is 0. The molecule has 0 radical (unpaired) electrons. The van der Waals surface area contributed by atoms with Crippen molar-refractivity contribution < 1.29 is 14.0 Å². The highest BCUT2D eigenvalue weighted by Gasteiger charge is 2.13. The zero-order valence-corrected chi connectivity index (χ0v) is 18.1. The summed E-state index contributed by atoms with van der Waals surface area (Å²) in [5.41, 5.74) is 3.77. The zero-order chi connectivity index (χ0) is 22.6. The van der Waals surface area contributed by atoms with E-state index >= 15 is 0 Å². The first-order valence-corrected chi connectivity index (χ1v) is 11.1. The van der Waals surface area contributed by atoms with Crippen LogP contribution in [0.4, 0.5) is 10.8 Å². The van der Waals surface area contributed by atoms with Gasteiger partial charge in [-0.25, -0.2) is 4.98 Å². The zero-order valence-electron chi connectivity index (χ0n) is 17.3. The fourth-order valence-electron chi connectivity index (χ4n) is 3.32. The molecule has 2 amide bonds. The van der Waals surface area contributed by atoms with E-state index in [0.29, 0.717) is 16.4 Å². The van der Waals surface area contributed by atoms with E-state index in [2.05, 4.69) is 20.6 Å². The van der Waals surface area contributed by atoms with E-state index in [4.69, 9.17) is 4.42 Å². The van der Waals surface area contributed by atoms with Crippen molar-refractivity contribution in [2.75, 3.05) is 10.6 Å². The molecular formula is C25H18N4O3S. The molecule has 8 heteroatoms. The number of nitrogens with one attached hydrogen (secondary N) is 2. The smallest absolute Gasteiger partial charge is 0.291 e. The third kappa shape index (κ3) is 4.81. The third-order valence-electron chi connectivity index (χ3n) is 4.93. The molecule has 7 nitrogen and oxygen atoms in total. The quantitative estimate of drug-likeness (QED) is 0.359. The topological polar surface area (TPSA) is 97.1 Å². The number of pyridine rings is 1. The maximum Gasteiger partial charge on any atom is 0.291 e. The van der Waals surface area contributed by atoms with Gasteiger partial charge in [0, 0.05) is 34.4 Å². The second-order valence-corrected chi connectivity index (χ2v) is 8.16. The van der Waals surface area contributed by atoms with Gasteiger partial charge in [-0.3, -0.25) is 14.6 Å². The molecule has 0 bridgehead atoms. The summed E-state index contributed by atoms with van der Waals surface area (Å²) in [7, 11) is 0. The molecule has 3 aromatic heterocycles. The Hall–Kier alpha value is -4.30. The predicted molar refractivity (Wildman–Crippen MR) is 128 cm³/mol. The van der Waals surface area contributed by atoms with Crippen molar-refractivity contribution in [3.05, 3.63) is 95.8 Å². The molecule has 162 valence electrons. The first kappa shape index (κ1) is 20.6. The van der Waals surface area contributed by atoms with E-state index < -0.39 is 0 Å². The number of carbonyl (C=O) groups excluding carboxylic acids is 2. The van der Waals surface area contributed by atoms with Crippen LogP contribution in [-0.2, 0) is 11.2 Å². The number of thiazole rings is 1. The number of aromatic nitrogens is 2. The van der Waals surface area contributed by atoms with E-state index in [1.54, 1.807) is 42.7 Å². The second kappa shape index (κ2) is 9.05. The first-order chi connectivity index (χ1) is 16.1. The van der Waals surface area contributed by atoms with E-state index in [9.17, 15) is 9.59 Å². The highest BCUT2D eigenvalue weighted by Crippen LogP contribution is 2.24. The van der Waals surface area contributed by atoms with Gasteiger partial charge in [0.25, 0.3) is 5.91 Å². The van der Waals surface area contributed by atoms with Gasteiger partial charge in [0.05, 0.1) is 12.1 Å². The standard InChI is InChI=1S/C25H18N4O3S/c30-23(29-25-28-20(15-33-25)18-5-3-11-26-14-18)12-16-7-9-19(10-8-16)27-24(31)22-13-17-4-1-2-6-21(17)32-22/h1-11,13-15H,12H2,(H,27,31)(H,28,29,30). The molecule has 2 N–H and O–H groups in total. The molecule has 5 rings (SSSR count). The van der Waals surface area contributed by atoms with Crippen molar-refractivity contribution in [3.8, 4) is 11.3 Å². The van der Waals surface area contributed by atoms with Crippen LogP contribution >= 0.6 is 11.3 Å². The number of anilines is 2. The van der Waals surface area contributed by atoms with E-state index in [1.807, 2.05) is 41.8 Å². The van der Waals surface area contributed by atoms with Gasteiger partial charge in [0.2, 0.25) is 5.91 Å². The highest BCUT2D eigenvalue weighted by molar-refractivity contribution is 7.14. The predicted octanol–water partition coefficient (Wildman–Crippen LogP) is 5.38. The van der Waals surface area contributed by atoms with Crippen LogP contribution in [0, 0.1) is 0 Å². The van der Waals surface area contributed by atoms with Gasteiger partial charge < -0.3 is 15.1 Å². The molecule has 0 aliphatic carbocycles. The van der Waals surface area contributed by atoms with Crippen LogP contribution in [0.15, 0.2) is 88.9 Å². The van der Waals surface area contributed by atoms with Gasteiger partial charge in [-0.15, -0.1) is 11.3 Å². The number of hydrogen-bond acceptors (Lipinski definition) is 6. The third-order valence-corrected chi connectivity index (χ3v) is 5.69. The molecule has 0 saturated carbocycles. The molecule has 0 aliphatic heterocycles. The summed E-state index contributed by atoms with van der Waals surface area (Å²) in [6, 6.07) is 20.0. The lowest BCUT2D eigenvalue weighted by Gasteiger charge is -2.06. The Morgan fingerprint density at radius 1 is 0.970 bits per heavy atom. The number of nitrogens with zero attached hydrogens (tertiary/aromatic N) is 2. The van der Waals surface area contributed by atoms with Crippen molar-refractivity contribution in [1.82, 2.24) is 9.97 Å². The van der Waals surface area contributed by atoms with E-state index in [1.165, 1.54) is 11.3 Å². The van der Waals surface area contributed by atoms with Gasteiger partial charge in [-0.1, -0.05) is 30.3 Å². The fraction of sp³-hybridized carbons (Fsp3) is 0.0400. The number of carbonyl (C=O) groups is 2. The van der Waals surface area contributed by atoms with E-state index in [0.717, 1.165) is 22.2 Å². The Balaban J connectivity index is 1.18. The minimum atomic E-state index is -0.329. The number of furan rings is 1. The lowest BCUT2D eigenvalue weighted by Crippen LogP contribution is -2.14. The molecule has 0 unspecified atom stereocenters. The van der Waals surface area contributed by atoms with Gasteiger partial charge in [0.15, 0.2) is 10.9 Å². The molecule has 5 aromatic rings. The Kier molecular flexibility index (Phi) is 5.65. The summed E-state index contributed by atoms with van der Waals surface area (Å²) in [5.74, 6) is -0.250. The Morgan fingerprint density at radius 2 is 1.82 bits per heavy atom. The molecule has 0 aliphatic rings. The monoisotopic (exact) mass is 454 g/mol. The molecule has 3 heterocycles. The molecular weight excluding hydrogens is 436 g/mol. The summed E-state index contributed by atoms with van der Waals surface area (Å²) >= 11 is 1.36. The fourth-order valence-corrected chi connectivity index (χ4v) is 4.06. The summed E-state index contributed by atoms with van der Waals surface area (Å²) in [5, 5.41) is 8.93. The lowest BCUT2D eigenvalue weighted by atomic mass is 10.1. The maximum atomic E-state index is 12.5. The molecule has 2 aromatic carbocycles. The molecule has 0 fully saturated rings. The van der Waals surface area contributed by atoms with Crippen LogP contribution in [0.3, 0.4) is 0 Å². The van der Waals surface area contributed by atoms with E-state index in [-0.39, 0.29) is 24.0 Å². The number of fused-ring (bicyclic) bond motifs is 1. The lowest BCUT2D eigenvalue weighted by molar-refractivity contribution is -0.115. The average Bonchev–Trinajstić information content (AvgIpc) is 3.48. The second-order valence-electron chi connectivity index (χ2n) is 7.30. The van der Waals surface area contributed by atoms with Crippen LogP contribution < -0.4 is 10.6 Å². The van der Waals surface area contributed by atoms with Crippen LogP contribution in [0.2, 0.25) is 0 Å². The van der Waals surface area contributed by atoms with Crippen molar-refractivity contribution in [2.45, 2.75) is 6.42 Å². The largest absolute Gasteiger partial charge is 0.451 e. The maximum absolute atomic E-state index is 12.5. The molecule has 0 saturated heterocycles. The van der Waals surface area contributed by atoms with Crippen molar-refractivity contribution in [1.29, 1.82) is 0 Å². The van der Waals surface area contributed by atoms with Crippen LogP contribution in [-0.4, -0.2) is 21.8 Å². The minimum Gasteiger partial charge on any atom is -0.451 e. The summed E-state index contributed by atoms with van der Waals surface area (Å²) in [4.78, 5) is 33.4. The summed E-state index contributed by atoms with van der Waals surface area (Å²) in [6.07, 6.45) is 3.63. The van der Waals surface area contributed by atoms with Crippen molar-refractivity contribution in [2.24, 2.45) is 0 Å². The number of benzene rings is 2. The highest BCUT2D eigenvalue weighted by atomic mass is 32.1. The van der Waals surface area contributed by atoms with Crippen LogP contribution in [0.1, 0.15) is 16.1 Å². The molecule has 0 atom stereocenters. The average molecular weight is 455 g/mol. The number of para-hydroxylation sites is 1. The van der Waals surface area contributed by atoms with Crippen LogP contribution in [0.5, 0.6) is 0 Å². The first-order valence-electron chi connectivity index (χ1n) is 10.2. The van der Waals surface area contributed by atoms with Crippen molar-refractivity contribution in [3.63, 3.8) is 0 Å². The Labute approximate surface area is 193 Å². The van der Waals surface area contributed by atoms with Gasteiger partial charge >= 0.3 is 0 Å². The summed E-state index contributed by atoms with van der Waals surface area (Å²) < 4.78 is 5.59. The Morgan fingerprint density at radius 3 is 2.61 bits per heavy atom. The minimum absolute atomic E-state index is 0.166.